The minimum atomic E-state index is -0.828. The number of rotatable bonds is 6. The number of aromatic nitrogens is 1. The molecule has 0 aliphatic rings. The normalized spacial score (nSPS) is 12.2. The van der Waals surface area contributed by atoms with Crippen LogP contribution >= 0.6 is 11.6 Å². The molecule has 3 rings (SSSR count). The van der Waals surface area contributed by atoms with E-state index in [9.17, 15) is 5.11 Å². The highest BCUT2D eigenvalue weighted by Gasteiger charge is 2.11. The summed E-state index contributed by atoms with van der Waals surface area (Å²) in [6.07, 6.45) is -0.828. The van der Waals surface area contributed by atoms with Crippen LogP contribution in [0.25, 0.3) is 22.2 Å². The average Bonchev–Trinajstić information content (AvgIpc) is 2.65. The Bertz CT molecular complexity index is 886. The first-order chi connectivity index (χ1) is 12.1. The van der Waals surface area contributed by atoms with Crippen LogP contribution in [0.15, 0.2) is 48.5 Å². The number of para-hydroxylation sites is 1. The molecule has 1 aromatic heterocycles. The summed E-state index contributed by atoms with van der Waals surface area (Å²) < 4.78 is 5.19. The van der Waals surface area contributed by atoms with Crippen molar-refractivity contribution in [1.29, 1.82) is 0 Å². The Kier molecular flexibility index (Phi) is 5.38. The lowest BCUT2D eigenvalue weighted by atomic mass is 10.1. The number of halogens is 1. The van der Waals surface area contributed by atoms with Gasteiger partial charge < -0.3 is 20.3 Å². The predicted octanol–water partition coefficient (Wildman–Crippen LogP) is 3.33. The maximum atomic E-state index is 9.61. The molecule has 130 valence electrons. The van der Waals surface area contributed by atoms with Gasteiger partial charge in [-0.25, -0.2) is 4.98 Å². The van der Waals surface area contributed by atoms with Crippen LogP contribution in [0, 0.1) is 0 Å². The third-order valence-electron chi connectivity index (χ3n) is 3.90. The summed E-state index contributed by atoms with van der Waals surface area (Å²) in [5.74, 6) is 0.607. The Morgan fingerprint density at radius 3 is 2.72 bits per heavy atom. The lowest BCUT2D eigenvalue weighted by Gasteiger charge is -2.14. The summed E-state index contributed by atoms with van der Waals surface area (Å²) in [7, 11) is 1.57. The van der Waals surface area contributed by atoms with E-state index in [1.165, 1.54) is 0 Å². The van der Waals surface area contributed by atoms with Crippen LogP contribution in [0.2, 0.25) is 5.02 Å². The molecule has 0 fully saturated rings. The first-order valence-electron chi connectivity index (χ1n) is 7.89. The number of ether oxygens (including phenoxy) is 1. The number of hydrogen-bond acceptors (Lipinski definition) is 5. The standard InChI is InChI=1S/C19H19ClN2O3/c1-25-19-7-6-12(8-15(19)20)17-9-18(21-10-13(24)11-23)14-4-2-3-5-16(14)22-17/h2-9,13,23-24H,10-11H2,1H3,(H,21,22). The monoisotopic (exact) mass is 358 g/mol. The van der Waals surface area contributed by atoms with Crippen molar-refractivity contribution >= 4 is 28.2 Å². The number of nitrogens with one attached hydrogen (secondary N) is 1. The molecule has 0 amide bonds. The maximum Gasteiger partial charge on any atom is 0.137 e. The molecule has 2 aromatic carbocycles. The second kappa shape index (κ2) is 7.70. The molecule has 5 nitrogen and oxygen atoms in total. The summed E-state index contributed by atoms with van der Waals surface area (Å²) in [6, 6.07) is 15.2. The van der Waals surface area contributed by atoms with Crippen molar-refractivity contribution < 1.29 is 14.9 Å². The molecule has 0 aliphatic carbocycles. The summed E-state index contributed by atoms with van der Waals surface area (Å²) in [4.78, 5) is 4.70. The topological polar surface area (TPSA) is 74.6 Å². The van der Waals surface area contributed by atoms with E-state index >= 15 is 0 Å². The number of fused-ring (bicyclic) bond motifs is 1. The molecular formula is C19H19ClN2O3. The number of aliphatic hydroxyl groups excluding tert-OH is 2. The number of nitrogens with zero attached hydrogens (tertiary/aromatic N) is 1. The van der Waals surface area contributed by atoms with Gasteiger partial charge in [-0.2, -0.15) is 0 Å². The smallest absolute Gasteiger partial charge is 0.137 e. The Balaban J connectivity index is 2.05. The van der Waals surface area contributed by atoms with Crippen LogP contribution in [0.3, 0.4) is 0 Å². The molecule has 6 heteroatoms. The molecule has 0 aliphatic heterocycles. The zero-order valence-electron chi connectivity index (χ0n) is 13.7. The quantitative estimate of drug-likeness (QED) is 0.630. The van der Waals surface area contributed by atoms with Gasteiger partial charge in [0.2, 0.25) is 0 Å². The lowest BCUT2D eigenvalue weighted by molar-refractivity contribution is 0.105. The molecule has 25 heavy (non-hydrogen) atoms. The number of anilines is 1. The van der Waals surface area contributed by atoms with E-state index < -0.39 is 6.10 Å². The first kappa shape index (κ1) is 17.5. The maximum absolute atomic E-state index is 9.61. The van der Waals surface area contributed by atoms with E-state index in [-0.39, 0.29) is 13.2 Å². The molecule has 0 saturated heterocycles. The van der Waals surface area contributed by atoms with Crippen LogP contribution in [-0.4, -0.2) is 41.6 Å². The Morgan fingerprint density at radius 2 is 2.00 bits per heavy atom. The van der Waals surface area contributed by atoms with Gasteiger partial charge in [0.15, 0.2) is 0 Å². The van der Waals surface area contributed by atoms with Gasteiger partial charge in [-0.05, 0) is 30.3 Å². The van der Waals surface area contributed by atoms with Gasteiger partial charge >= 0.3 is 0 Å². The van der Waals surface area contributed by atoms with Crippen molar-refractivity contribution in [3.63, 3.8) is 0 Å². The zero-order valence-corrected chi connectivity index (χ0v) is 14.5. The van der Waals surface area contributed by atoms with Crippen LogP contribution in [0.1, 0.15) is 0 Å². The van der Waals surface area contributed by atoms with E-state index in [1.807, 2.05) is 42.5 Å². The third-order valence-corrected chi connectivity index (χ3v) is 4.20. The van der Waals surface area contributed by atoms with Crippen LogP contribution in [-0.2, 0) is 0 Å². The van der Waals surface area contributed by atoms with Crippen molar-refractivity contribution in [1.82, 2.24) is 4.98 Å². The zero-order chi connectivity index (χ0) is 17.8. The SMILES string of the molecule is COc1ccc(-c2cc(NCC(O)CO)c3ccccc3n2)cc1Cl. The molecule has 0 radical (unpaired) electrons. The van der Waals surface area contributed by atoms with Crippen LogP contribution in [0.4, 0.5) is 5.69 Å². The van der Waals surface area contributed by atoms with Crippen molar-refractivity contribution in [2.24, 2.45) is 0 Å². The summed E-state index contributed by atoms with van der Waals surface area (Å²) >= 11 is 6.23. The van der Waals surface area contributed by atoms with Gasteiger partial charge in [-0.3, -0.25) is 0 Å². The molecule has 0 spiro atoms. The van der Waals surface area contributed by atoms with Crippen molar-refractivity contribution in [2.45, 2.75) is 6.10 Å². The summed E-state index contributed by atoms with van der Waals surface area (Å²) in [5.41, 5.74) is 3.28. The molecule has 1 unspecified atom stereocenters. The number of pyridine rings is 1. The van der Waals surface area contributed by atoms with E-state index in [0.717, 1.165) is 27.8 Å². The van der Waals surface area contributed by atoms with Gasteiger partial charge in [0.1, 0.15) is 5.75 Å². The van der Waals surface area contributed by atoms with E-state index in [0.29, 0.717) is 10.8 Å². The molecule has 1 atom stereocenters. The van der Waals surface area contributed by atoms with Crippen molar-refractivity contribution in [3.8, 4) is 17.0 Å². The van der Waals surface area contributed by atoms with Gasteiger partial charge in [-0.1, -0.05) is 29.8 Å². The molecule has 3 N–H and O–H groups in total. The van der Waals surface area contributed by atoms with Gasteiger partial charge in [-0.15, -0.1) is 0 Å². The second-order valence-corrected chi connectivity index (χ2v) is 6.05. The Morgan fingerprint density at radius 1 is 1.20 bits per heavy atom. The third kappa shape index (κ3) is 3.85. The first-order valence-corrected chi connectivity index (χ1v) is 8.26. The largest absolute Gasteiger partial charge is 0.495 e. The molecule has 1 heterocycles. The highest BCUT2D eigenvalue weighted by Crippen LogP contribution is 2.32. The summed E-state index contributed by atoms with van der Waals surface area (Å²) in [6.45, 7) is -0.0513. The van der Waals surface area contributed by atoms with Crippen LogP contribution in [0.5, 0.6) is 5.75 Å². The van der Waals surface area contributed by atoms with E-state index in [4.69, 9.17) is 26.4 Å². The molecule has 0 saturated carbocycles. The minimum Gasteiger partial charge on any atom is -0.495 e. The minimum absolute atomic E-state index is 0.243. The molecule has 3 aromatic rings. The second-order valence-electron chi connectivity index (χ2n) is 5.64. The fraction of sp³-hybridized carbons (Fsp3) is 0.211. The highest BCUT2D eigenvalue weighted by atomic mass is 35.5. The van der Waals surface area contributed by atoms with Gasteiger partial charge in [0, 0.05) is 23.2 Å². The van der Waals surface area contributed by atoms with E-state index in [2.05, 4.69) is 5.32 Å². The predicted molar refractivity (Wildman–Crippen MR) is 100 cm³/mol. The fourth-order valence-electron chi connectivity index (χ4n) is 2.59. The number of benzene rings is 2. The Hall–Kier alpha value is -2.34. The van der Waals surface area contributed by atoms with Crippen LogP contribution < -0.4 is 10.1 Å². The van der Waals surface area contributed by atoms with Crippen molar-refractivity contribution in [3.05, 3.63) is 53.6 Å². The number of hydrogen-bond donors (Lipinski definition) is 3. The van der Waals surface area contributed by atoms with Crippen molar-refractivity contribution in [2.75, 3.05) is 25.6 Å². The average molecular weight is 359 g/mol. The molecular weight excluding hydrogens is 340 g/mol. The molecule has 0 bridgehead atoms. The Labute approximate surface area is 150 Å². The van der Waals surface area contributed by atoms with Gasteiger partial charge in [0.05, 0.1) is 36.1 Å². The lowest BCUT2D eigenvalue weighted by Crippen LogP contribution is -2.23. The highest BCUT2D eigenvalue weighted by molar-refractivity contribution is 6.32. The summed E-state index contributed by atoms with van der Waals surface area (Å²) in [5, 5.41) is 23.3. The fourth-order valence-corrected chi connectivity index (χ4v) is 2.85. The number of aliphatic hydroxyl groups is 2. The van der Waals surface area contributed by atoms with E-state index in [1.54, 1.807) is 13.2 Å². The van der Waals surface area contributed by atoms with Gasteiger partial charge in [0.25, 0.3) is 0 Å². The number of methoxy groups -OCH3 is 1.